The van der Waals surface area contributed by atoms with Crippen molar-refractivity contribution in [3.63, 3.8) is 0 Å². The molecule has 1 aliphatic heterocycles. The maximum Gasteiger partial charge on any atom is 0.253 e. The minimum absolute atomic E-state index is 0.0853. The predicted molar refractivity (Wildman–Crippen MR) is 96.7 cm³/mol. The molecule has 130 valence electrons. The van der Waals surface area contributed by atoms with E-state index in [2.05, 4.69) is 21.2 Å². The second kappa shape index (κ2) is 6.02. The zero-order valence-corrected chi connectivity index (χ0v) is 14.9. The Labute approximate surface area is 146 Å². The van der Waals surface area contributed by atoms with Crippen LogP contribution in [0.4, 0.5) is 0 Å². The van der Waals surface area contributed by atoms with Crippen molar-refractivity contribution in [3.8, 4) is 0 Å². The van der Waals surface area contributed by atoms with Crippen molar-refractivity contribution in [1.29, 1.82) is 0 Å². The summed E-state index contributed by atoms with van der Waals surface area (Å²) < 4.78 is 2.04. The quantitative estimate of drug-likeness (QED) is 0.782. The molecule has 6 heteroatoms. The number of H-pyrrole nitrogens is 1. The summed E-state index contributed by atoms with van der Waals surface area (Å²) in [7, 11) is 1.99. The molecule has 1 aliphatic rings. The molecule has 25 heavy (non-hydrogen) atoms. The summed E-state index contributed by atoms with van der Waals surface area (Å²) in [4.78, 5) is 19.5. The monoisotopic (exact) mass is 337 g/mol. The maximum absolute atomic E-state index is 13.0. The third kappa shape index (κ3) is 2.81. The van der Waals surface area contributed by atoms with Crippen LogP contribution in [-0.2, 0) is 7.05 Å². The molecule has 1 N–H and O–H groups in total. The molecule has 1 saturated heterocycles. The molecular formula is C19H23N5O. The molecule has 0 spiro atoms. The molecule has 1 unspecified atom stereocenters. The van der Waals surface area contributed by atoms with E-state index in [9.17, 15) is 4.79 Å². The summed E-state index contributed by atoms with van der Waals surface area (Å²) in [6.45, 7) is 5.51. The number of carbonyl (C=O) groups excluding carboxylic acids is 1. The number of nitrogens with one attached hydrogen (secondary N) is 1. The first-order valence-electron chi connectivity index (χ1n) is 8.77. The van der Waals surface area contributed by atoms with Crippen LogP contribution >= 0.6 is 0 Å². The number of piperidine rings is 1. The van der Waals surface area contributed by atoms with Gasteiger partial charge in [0.15, 0.2) is 0 Å². The van der Waals surface area contributed by atoms with Crippen LogP contribution in [0.5, 0.6) is 0 Å². The van der Waals surface area contributed by atoms with Gasteiger partial charge in [0.25, 0.3) is 5.91 Å². The van der Waals surface area contributed by atoms with Crippen molar-refractivity contribution in [2.24, 2.45) is 7.05 Å². The Morgan fingerprint density at radius 1 is 1.28 bits per heavy atom. The van der Waals surface area contributed by atoms with Crippen LogP contribution < -0.4 is 0 Å². The van der Waals surface area contributed by atoms with Crippen molar-refractivity contribution in [2.45, 2.75) is 32.6 Å². The standard InChI is InChI=1S/C19H23N5O/c1-12-9-16(22-21-12)15-5-4-8-24(11-15)19(25)14-6-7-18-17(10-14)20-13(2)23(18)3/h6-7,9-10,15H,4-5,8,11H2,1-3H3,(H,21,22). The first kappa shape index (κ1) is 15.9. The molecule has 1 fully saturated rings. The van der Waals surface area contributed by atoms with Crippen LogP contribution in [0.1, 0.15) is 46.3 Å². The van der Waals surface area contributed by atoms with Crippen LogP contribution in [0.25, 0.3) is 11.0 Å². The Kier molecular flexibility index (Phi) is 3.82. The predicted octanol–water partition coefficient (Wildman–Crippen LogP) is 2.93. The normalized spacial score (nSPS) is 18.0. The number of aromatic amines is 1. The highest BCUT2D eigenvalue weighted by Crippen LogP contribution is 2.27. The van der Waals surface area contributed by atoms with Crippen LogP contribution in [0.2, 0.25) is 0 Å². The number of hydrogen-bond donors (Lipinski definition) is 1. The number of aromatic nitrogens is 4. The van der Waals surface area contributed by atoms with Crippen molar-refractivity contribution in [2.75, 3.05) is 13.1 Å². The van der Waals surface area contributed by atoms with Gasteiger partial charge in [-0.3, -0.25) is 9.89 Å². The van der Waals surface area contributed by atoms with Gasteiger partial charge in [-0.1, -0.05) is 0 Å². The molecule has 1 aromatic carbocycles. The Hall–Kier alpha value is -2.63. The van der Waals surface area contributed by atoms with E-state index in [1.54, 1.807) is 0 Å². The Morgan fingerprint density at radius 2 is 2.12 bits per heavy atom. The molecule has 3 heterocycles. The van der Waals surface area contributed by atoms with E-state index in [0.29, 0.717) is 11.5 Å². The molecule has 6 nitrogen and oxygen atoms in total. The second-order valence-corrected chi connectivity index (χ2v) is 6.99. The summed E-state index contributed by atoms with van der Waals surface area (Å²) in [5.41, 5.74) is 4.77. The molecular weight excluding hydrogens is 314 g/mol. The average Bonchev–Trinajstić information content (AvgIpc) is 3.18. The minimum Gasteiger partial charge on any atom is -0.338 e. The number of rotatable bonds is 2. The lowest BCUT2D eigenvalue weighted by Crippen LogP contribution is -2.39. The smallest absolute Gasteiger partial charge is 0.253 e. The van der Waals surface area contributed by atoms with Crippen LogP contribution in [0, 0.1) is 13.8 Å². The van der Waals surface area contributed by atoms with Gasteiger partial charge in [0.2, 0.25) is 0 Å². The number of benzene rings is 1. The molecule has 4 rings (SSSR count). The highest BCUT2D eigenvalue weighted by molar-refractivity contribution is 5.97. The number of nitrogens with zero attached hydrogens (tertiary/aromatic N) is 4. The fourth-order valence-corrected chi connectivity index (χ4v) is 3.69. The summed E-state index contributed by atoms with van der Waals surface area (Å²) >= 11 is 0. The zero-order valence-electron chi connectivity index (χ0n) is 14.9. The number of fused-ring (bicyclic) bond motifs is 1. The van der Waals surface area contributed by atoms with Crippen molar-refractivity contribution in [1.82, 2.24) is 24.6 Å². The highest BCUT2D eigenvalue weighted by atomic mass is 16.2. The molecule has 1 atom stereocenters. The first-order valence-corrected chi connectivity index (χ1v) is 8.77. The fraction of sp³-hybridized carbons (Fsp3) is 0.421. The fourth-order valence-electron chi connectivity index (χ4n) is 3.69. The zero-order chi connectivity index (χ0) is 17.6. The SMILES string of the molecule is Cc1cc(C2CCCN(C(=O)c3ccc4c(c3)nc(C)n4C)C2)n[nH]1. The van der Waals surface area contributed by atoms with Gasteiger partial charge in [-0.15, -0.1) is 0 Å². The number of likely N-dealkylation sites (tertiary alicyclic amines) is 1. The third-order valence-electron chi connectivity index (χ3n) is 5.20. The van der Waals surface area contributed by atoms with Gasteiger partial charge < -0.3 is 9.47 Å². The lowest BCUT2D eigenvalue weighted by atomic mass is 9.94. The molecule has 0 aliphatic carbocycles. The van der Waals surface area contributed by atoms with Gasteiger partial charge in [0, 0.05) is 37.3 Å². The molecule has 0 saturated carbocycles. The summed E-state index contributed by atoms with van der Waals surface area (Å²) in [5.74, 6) is 1.34. The summed E-state index contributed by atoms with van der Waals surface area (Å²) in [6.07, 6.45) is 2.08. The van der Waals surface area contributed by atoms with E-state index >= 15 is 0 Å². The van der Waals surface area contributed by atoms with E-state index in [1.807, 2.05) is 48.6 Å². The minimum atomic E-state index is 0.0853. The number of carbonyl (C=O) groups is 1. The molecule has 2 aromatic heterocycles. The van der Waals surface area contributed by atoms with E-state index in [-0.39, 0.29) is 5.91 Å². The Morgan fingerprint density at radius 3 is 2.88 bits per heavy atom. The average molecular weight is 337 g/mol. The first-order chi connectivity index (χ1) is 12.0. The Balaban J connectivity index is 1.57. The lowest BCUT2D eigenvalue weighted by Gasteiger charge is -2.32. The lowest BCUT2D eigenvalue weighted by molar-refractivity contribution is 0.0706. The third-order valence-corrected chi connectivity index (χ3v) is 5.20. The van der Waals surface area contributed by atoms with Crippen molar-refractivity contribution in [3.05, 3.63) is 47.0 Å². The molecule has 1 amide bonds. The van der Waals surface area contributed by atoms with Crippen LogP contribution in [0.15, 0.2) is 24.3 Å². The van der Waals surface area contributed by atoms with Crippen molar-refractivity contribution < 1.29 is 4.79 Å². The summed E-state index contributed by atoms with van der Waals surface area (Å²) in [6, 6.07) is 7.89. The number of amides is 1. The topological polar surface area (TPSA) is 66.8 Å². The van der Waals surface area contributed by atoms with Gasteiger partial charge in [-0.05, 0) is 51.0 Å². The number of imidazole rings is 1. The highest BCUT2D eigenvalue weighted by Gasteiger charge is 2.27. The van der Waals surface area contributed by atoms with Gasteiger partial charge in [-0.2, -0.15) is 5.10 Å². The van der Waals surface area contributed by atoms with Gasteiger partial charge in [0.05, 0.1) is 16.7 Å². The summed E-state index contributed by atoms with van der Waals surface area (Å²) in [5, 5.41) is 7.39. The van der Waals surface area contributed by atoms with E-state index in [4.69, 9.17) is 0 Å². The van der Waals surface area contributed by atoms with E-state index in [0.717, 1.165) is 54.2 Å². The van der Waals surface area contributed by atoms with E-state index in [1.165, 1.54) is 0 Å². The van der Waals surface area contributed by atoms with Crippen LogP contribution in [0.3, 0.4) is 0 Å². The molecule has 0 radical (unpaired) electrons. The van der Waals surface area contributed by atoms with Crippen molar-refractivity contribution >= 4 is 16.9 Å². The number of aryl methyl sites for hydroxylation is 3. The second-order valence-electron chi connectivity index (χ2n) is 6.99. The maximum atomic E-state index is 13.0. The van der Waals surface area contributed by atoms with Crippen LogP contribution in [-0.4, -0.2) is 43.6 Å². The van der Waals surface area contributed by atoms with Gasteiger partial charge in [-0.25, -0.2) is 4.98 Å². The van der Waals surface area contributed by atoms with Gasteiger partial charge >= 0.3 is 0 Å². The number of hydrogen-bond acceptors (Lipinski definition) is 3. The largest absolute Gasteiger partial charge is 0.338 e. The molecule has 3 aromatic rings. The molecule has 0 bridgehead atoms. The Bertz CT molecular complexity index is 939. The van der Waals surface area contributed by atoms with E-state index < -0.39 is 0 Å². The van der Waals surface area contributed by atoms with Gasteiger partial charge in [0.1, 0.15) is 5.82 Å².